The number of hydrogen-bond acceptors (Lipinski definition) is 4. The van der Waals surface area contributed by atoms with Crippen molar-refractivity contribution in [2.45, 2.75) is 38.1 Å². The second-order valence-electron chi connectivity index (χ2n) is 8.30. The standard InChI is InChI=1S/C23H25N3O2.ClH/c1-23(2)14-26-10-4-5-20(26)18-12-17(7-8-19(18)23)25-22(27)15-6-9-21(28-3)16(11-15)13-24;/h6-9,11-12,20H,4-5,10,14H2,1-3H3,(H,25,27);1H. The topological polar surface area (TPSA) is 65.4 Å². The Bertz CT molecular complexity index is 981. The molecule has 1 atom stereocenters. The van der Waals surface area contributed by atoms with E-state index in [0.29, 0.717) is 22.9 Å². The zero-order valence-electron chi connectivity index (χ0n) is 17.0. The van der Waals surface area contributed by atoms with Crippen molar-refractivity contribution < 1.29 is 9.53 Å². The summed E-state index contributed by atoms with van der Waals surface area (Å²) in [6.45, 7) is 6.81. The molecule has 0 aromatic heterocycles. The number of carbonyl (C=O) groups is 1. The molecule has 1 unspecified atom stereocenters. The van der Waals surface area contributed by atoms with Gasteiger partial charge in [0.05, 0.1) is 12.7 Å². The predicted octanol–water partition coefficient (Wildman–Crippen LogP) is 4.67. The summed E-state index contributed by atoms with van der Waals surface area (Å²) in [5.41, 5.74) is 4.41. The van der Waals surface area contributed by atoms with Crippen molar-refractivity contribution in [1.82, 2.24) is 4.90 Å². The second kappa shape index (κ2) is 8.06. The second-order valence-corrected chi connectivity index (χ2v) is 8.30. The van der Waals surface area contributed by atoms with Crippen LogP contribution in [0.3, 0.4) is 0 Å². The number of anilines is 1. The van der Waals surface area contributed by atoms with Crippen LogP contribution in [-0.2, 0) is 5.41 Å². The lowest BCUT2D eigenvalue weighted by Crippen LogP contribution is -2.42. The summed E-state index contributed by atoms with van der Waals surface area (Å²) < 4.78 is 5.15. The molecular weight excluding hydrogens is 386 g/mol. The van der Waals surface area contributed by atoms with Crippen molar-refractivity contribution in [3.63, 3.8) is 0 Å². The fourth-order valence-corrected chi connectivity index (χ4v) is 4.63. The Morgan fingerprint density at radius 2 is 2.07 bits per heavy atom. The van der Waals surface area contributed by atoms with Gasteiger partial charge in [0.15, 0.2) is 0 Å². The number of nitrogens with one attached hydrogen (secondary N) is 1. The summed E-state index contributed by atoms with van der Waals surface area (Å²) in [5, 5.41) is 12.2. The molecule has 1 fully saturated rings. The van der Waals surface area contributed by atoms with Crippen LogP contribution in [0.4, 0.5) is 5.69 Å². The molecule has 1 amide bonds. The van der Waals surface area contributed by atoms with Gasteiger partial charge >= 0.3 is 0 Å². The lowest BCUT2D eigenvalue weighted by atomic mass is 9.76. The van der Waals surface area contributed by atoms with E-state index in [4.69, 9.17) is 4.74 Å². The third-order valence-corrected chi connectivity index (χ3v) is 5.94. The maximum atomic E-state index is 12.7. The van der Waals surface area contributed by atoms with Crippen LogP contribution in [0.5, 0.6) is 5.75 Å². The van der Waals surface area contributed by atoms with Crippen LogP contribution < -0.4 is 10.1 Å². The number of halogens is 1. The first kappa shape index (κ1) is 21.2. The number of carbonyl (C=O) groups excluding carboxylic acids is 1. The van der Waals surface area contributed by atoms with Gasteiger partial charge in [0.1, 0.15) is 11.8 Å². The van der Waals surface area contributed by atoms with E-state index in [2.05, 4.69) is 42.3 Å². The fourth-order valence-electron chi connectivity index (χ4n) is 4.63. The lowest BCUT2D eigenvalue weighted by Gasteiger charge is -2.42. The number of hydrogen-bond donors (Lipinski definition) is 1. The Kier molecular flexibility index (Phi) is 5.88. The van der Waals surface area contributed by atoms with Crippen molar-refractivity contribution in [2.24, 2.45) is 0 Å². The number of benzene rings is 2. The van der Waals surface area contributed by atoms with Gasteiger partial charge in [-0.1, -0.05) is 19.9 Å². The van der Waals surface area contributed by atoms with Crippen LogP contribution in [-0.4, -0.2) is 31.0 Å². The Labute approximate surface area is 178 Å². The van der Waals surface area contributed by atoms with E-state index < -0.39 is 0 Å². The maximum absolute atomic E-state index is 12.7. The Morgan fingerprint density at radius 1 is 1.28 bits per heavy atom. The Balaban J connectivity index is 0.00000240. The van der Waals surface area contributed by atoms with Gasteiger partial charge in [-0.2, -0.15) is 5.26 Å². The molecule has 1 N–H and O–H groups in total. The first-order chi connectivity index (χ1) is 13.4. The van der Waals surface area contributed by atoms with Crippen LogP contribution in [0.15, 0.2) is 36.4 Å². The summed E-state index contributed by atoms with van der Waals surface area (Å²) >= 11 is 0. The van der Waals surface area contributed by atoms with Crippen molar-refractivity contribution in [1.29, 1.82) is 5.26 Å². The first-order valence-corrected chi connectivity index (χ1v) is 9.71. The molecule has 2 aliphatic heterocycles. The van der Waals surface area contributed by atoms with Crippen LogP contribution in [0.2, 0.25) is 0 Å². The smallest absolute Gasteiger partial charge is 0.255 e. The molecule has 1 saturated heterocycles. The van der Waals surface area contributed by atoms with E-state index in [1.54, 1.807) is 18.2 Å². The average Bonchev–Trinajstić information content (AvgIpc) is 3.14. The van der Waals surface area contributed by atoms with Crippen molar-refractivity contribution in [3.8, 4) is 11.8 Å². The number of methoxy groups -OCH3 is 1. The molecule has 2 aliphatic rings. The highest BCUT2D eigenvalue weighted by molar-refractivity contribution is 6.04. The van der Waals surface area contributed by atoms with E-state index in [1.165, 1.54) is 31.1 Å². The zero-order valence-corrected chi connectivity index (χ0v) is 17.8. The average molecular weight is 412 g/mol. The third-order valence-electron chi connectivity index (χ3n) is 5.94. The predicted molar refractivity (Wildman–Crippen MR) is 116 cm³/mol. The highest BCUT2D eigenvalue weighted by atomic mass is 35.5. The number of nitrogens with zero attached hydrogens (tertiary/aromatic N) is 2. The number of fused-ring (bicyclic) bond motifs is 3. The molecule has 2 aromatic carbocycles. The molecule has 29 heavy (non-hydrogen) atoms. The summed E-state index contributed by atoms with van der Waals surface area (Å²) in [5.74, 6) is 0.244. The molecule has 0 bridgehead atoms. The van der Waals surface area contributed by atoms with Crippen LogP contribution >= 0.6 is 12.4 Å². The number of amides is 1. The van der Waals surface area contributed by atoms with Crippen LogP contribution in [0, 0.1) is 11.3 Å². The number of rotatable bonds is 3. The monoisotopic (exact) mass is 411 g/mol. The molecule has 0 saturated carbocycles. The largest absolute Gasteiger partial charge is 0.495 e. The Hall–Kier alpha value is -2.55. The molecule has 6 heteroatoms. The summed E-state index contributed by atoms with van der Waals surface area (Å²) in [4.78, 5) is 15.3. The van der Waals surface area contributed by atoms with Crippen LogP contribution in [0.1, 0.15) is 59.8 Å². The van der Waals surface area contributed by atoms with Crippen molar-refractivity contribution in [2.75, 3.05) is 25.5 Å². The van der Waals surface area contributed by atoms with E-state index in [0.717, 1.165) is 18.8 Å². The highest BCUT2D eigenvalue weighted by Crippen LogP contribution is 2.45. The van der Waals surface area contributed by atoms with Gasteiger partial charge in [-0.15, -0.1) is 12.4 Å². The quantitative estimate of drug-likeness (QED) is 0.797. The maximum Gasteiger partial charge on any atom is 0.255 e. The van der Waals surface area contributed by atoms with E-state index in [1.807, 2.05) is 6.07 Å². The molecule has 152 valence electrons. The molecule has 4 rings (SSSR count). The summed E-state index contributed by atoms with van der Waals surface area (Å²) in [6.07, 6.45) is 2.39. The minimum atomic E-state index is -0.225. The lowest BCUT2D eigenvalue weighted by molar-refractivity contribution is 0.102. The van der Waals surface area contributed by atoms with E-state index in [9.17, 15) is 10.1 Å². The summed E-state index contributed by atoms with van der Waals surface area (Å²) in [6, 6.07) is 13.7. The molecule has 0 radical (unpaired) electrons. The molecule has 2 heterocycles. The van der Waals surface area contributed by atoms with Crippen molar-refractivity contribution in [3.05, 3.63) is 58.7 Å². The van der Waals surface area contributed by atoms with Gasteiger partial charge in [-0.05, 0) is 60.8 Å². The van der Waals surface area contributed by atoms with Gasteiger partial charge in [-0.3, -0.25) is 9.69 Å². The molecule has 2 aromatic rings. The van der Waals surface area contributed by atoms with Gasteiger partial charge in [0, 0.05) is 29.3 Å². The fraction of sp³-hybridized carbons (Fsp3) is 0.391. The normalized spacial score (nSPS) is 19.3. The van der Waals surface area contributed by atoms with E-state index in [-0.39, 0.29) is 23.7 Å². The highest BCUT2D eigenvalue weighted by Gasteiger charge is 2.39. The summed E-state index contributed by atoms with van der Waals surface area (Å²) in [7, 11) is 1.51. The van der Waals surface area contributed by atoms with Gasteiger partial charge in [-0.25, -0.2) is 0 Å². The molecule has 0 spiro atoms. The van der Waals surface area contributed by atoms with Crippen LogP contribution in [0.25, 0.3) is 0 Å². The molecular formula is C23H26ClN3O2. The number of nitriles is 1. The minimum Gasteiger partial charge on any atom is -0.495 e. The van der Waals surface area contributed by atoms with E-state index >= 15 is 0 Å². The Morgan fingerprint density at radius 3 is 2.79 bits per heavy atom. The zero-order chi connectivity index (χ0) is 19.9. The number of ether oxygens (including phenoxy) is 1. The first-order valence-electron chi connectivity index (χ1n) is 9.71. The van der Waals surface area contributed by atoms with Crippen molar-refractivity contribution >= 4 is 24.0 Å². The molecule has 0 aliphatic carbocycles. The van der Waals surface area contributed by atoms with Gasteiger partial charge in [0.2, 0.25) is 0 Å². The molecule has 5 nitrogen and oxygen atoms in total. The third kappa shape index (κ3) is 3.83. The van der Waals surface area contributed by atoms with Gasteiger partial charge in [0.25, 0.3) is 5.91 Å². The minimum absolute atomic E-state index is 0. The SMILES string of the molecule is COc1ccc(C(=O)Nc2ccc3c(c2)C2CCCN2CC3(C)C)cc1C#N.Cl. The van der Waals surface area contributed by atoms with Gasteiger partial charge < -0.3 is 10.1 Å².